The molecule has 3 rings (SSSR count). The van der Waals surface area contributed by atoms with Crippen LogP contribution in [0.3, 0.4) is 0 Å². The van der Waals surface area contributed by atoms with E-state index in [9.17, 15) is 4.79 Å². The van der Waals surface area contributed by atoms with Gasteiger partial charge in [-0.15, -0.1) is 0 Å². The summed E-state index contributed by atoms with van der Waals surface area (Å²) in [6, 6.07) is 9.24. The third-order valence-electron chi connectivity index (χ3n) is 3.55. The first kappa shape index (κ1) is 15.6. The normalized spacial score (nSPS) is 16.8. The Bertz CT molecular complexity index is 724. The van der Waals surface area contributed by atoms with Crippen molar-refractivity contribution in [2.75, 3.05) is 6.54 Å². The van der Waals surface area contributed by atoms with E-state index in [4.69, 9.17) is 16.4 Å². The molecule has 1 N–H and O–H groups in total. The second-order valence-corrected chi connectivity index (χ2v) is 5.79. The van der Waals surface area contributed by atoms with E-state index in [1.54, 1.807) is 16.8 Å². The molecule has 6 nitrogen and oxygen atoms in total. The molecule has 0 radical (unpaired) electrons. The Balaban J connectivity index is 1.47. The summed E-state index contributed by atoms with van der Waals surface area (Å²) >= 11 is 5.86. The number of hydrogen-bond acceptors (Lipinski definition) is 4. The first-order chi connectivity index (χ1) is 11.1. The molecular weight excluding hydrogens is 316 g/mol. The number of hydrogen-bond donors (Lipinski definition) is 1. The van der Waals surface area contributed by atoms with Gasteiger partial charge < -0.3 is 10.2 Å². The topological polar surface area (TPSA) is 68.5 Å². The number of aromatic nitrogens is 2. The van der Waals surface area contributed by atoms with Crippen molar-refractivity contribution in [2.45, 2.75) is 26.0 Å². The summed E-state index contributed by atoms with van der Waals surface area (Å²) < 4.78 is 1.79. The van der Waals surface area contributed by atoms with Crippen LogP contribution in [0.25, 0.3) is 0 Å². The Morgan fingerprint density at radius 2 is 2.17 bits per heavy atom. The highest BCUT2D eigenvalue weighted by molar-refractivity contribution is 6.30. The molecule has 120 valence electrons. The van der Waals surface area contributed by atoms with Crippen molar-refractivity contribution < 1.29 is 9.63 Å². The third-order valence-corrected chi connectivity index (χ3v) is 3.80. The number of halogens is 1. The van der Waals surface area contributed by atoms with E-state index in [-0.39, 0.29) is 5.91 Å². The van der Waals surface area contributed by atoms with Crippen LogP contribution in [-0.4, -0.2) is 34.0 Å². The van der Waals surface area contributed by atoms with Crippen molar-refractivity contribution in [2.24, 2.45) is 5.16 Å². The number of oxime groups is 1. The number of carbonyl (C=O) groups is 1. The van der Waals surface area contributed by atoms with Gasteiger partial charge in [-0.2, -0.15) is 5.10 Å². The van der Waals surface area contributed by atoms with Gasteiger partial charge in [-0.3, -0.25) is 9.48 Å². The molecule has 0 unspecified atom stereocenters. The predicted octanol–water partition coefficient (Wildman–Crippen LogP) is 2.15. The molecule has 7 heteroatoms. The van der Waals surface area contributed by atoms with Crippen molar-refractivity contribution in [3.63, 3.8) is 0 Å². The fourth-order valence-corrected chi connectivity index (χ4v) is 2.45. The minimum Gasteiger partial charge on any atom is -0.382 e. The zero-order chi connectivity index (χ0) is 16.2. The highest BCUT2D eigenvalue weighted by atomic mass is 35.5. The van der Waals surface area contributed by atoms with E-state index in [2.05, 4.69) is 15.6 Å². The standard InChI is InChI=1S/C16H17ClN4O2/c1-11-6-8-21(19-11)9-7-18-16(22)15-10-14(20-23-15)12-2-4-13(17)5-3-12/h2-6,8,15H,7,9-10H2,1H3,(H,18,22)/t15-/m1/s1. The first-order valence-corrected chi connectivity index (χ1v) is 7.76. The van der Waals surface area contributed by atoms with Crippen molar-refractivity contribution in [1.82, 2.24) is 15.1 Å². The molecule has 0 saturated carbocycles. The molecule has 1 aliphatic heterocycles. The molecule has 1 atom stereocenters. The highest BCUT2D eigenvalue weighted by Crippen LogP contribution is 2.18. The maximum atomic E-state index is 12.1. The monoisotopic (exact) mass is 332 g/mol. The van der Waals surface area contributed by atoms with Crippen LogP contribution >= 0.6 is 11.6 Å². The molecular formula is C16H17ClN4O2. The minimum atomic E-state index is -0.583. The average Bonchev–Trinajstić information content (AvgIpc) is 3.17. The molecule has 1 aliphatic rings. The van der Waals surface area contributed by atoms with Crippen LogP contribution < -0.4 is 5.32 Å². The van der Waals surface area contributed by atoms with Crippen LogP contribution in [-0.2, 0) is 16.2 Å². The Hall–Kier alpha value is -2.34. The van der Waals surface area contributed by atoms with E-state index < -0.39 is 6.10 Å². The Morgan fingerprint density at radius 1 is 1.39 bits per heavy atom. The van der Waals surface area contributed by atoms with Crippen LogP contribution in [0, 0.1) is 6.92 Å². The van der Waals surface area contributed by atoms with Crippen LogP contribution in [0.2, 0.25) is 5.02 Å². The molecule has 2 aromatic rings. The molecule has 0 aliphatic carbocycles. The van der Waals surface area contributed by atoms with Gasteiger partial charge in [0.25, 0.3) is 5.91 Å². The van der Waals surface area contributed by atoms with Gasteiger partial charge in [0.15, 0.2) is 0 Å². The van der Waals surface area contributed by atoms with Crippen molar-refractivity contribution in [1.29, 1.82) is 0 Å². The molecule has 23 heavy (non-hydrogen) atoms. The van der Waals surface area contributed by atoms with E-state index in [0.717, 1.165) is 17.0 Å². The third kappa shape index (κ3) is 3.90. The van der Waals surface area contributed by atoms with Gasteiger partial charge in [0.2, 0.25) is 6.10 Å². The van der Waals surface area contributed by atoms with E-state index >= 15 is 0 Å². The highest BCUT2D eigenvalue weighted by Gasteiger charge is 2.28. The molecule has 0 fully saturated rings. The molecule has 0 saturated heterocycles. The van der Waals surface area contributed by atoms with Crippen LogP contribution in [0.4, 0.5) is 0 Å². The minimum absolute atomic E-state index is 0.165. The predicted molar refractivity (Wildman–Crippen MR) is 87.5 cm³/mol. The number of nitrogens with zero attached hydrogens (tertiary/aromatic N) is 3. The Kier molecular flexibility index (Phi) is 4.62. The van der Waals surface area contributed by atoms with Crippen LogP contribution in [0.1, 0.15) is 17.7 Å². The fraction of sp³-hybridized carbons (Fsp3) is 0.312. The van der Waals surface area contributed by atoms with Crippen molar-refractivity contribution >= 4 is 23.2 Å². The van der Waals surface area contributed by atoms with Gasteiger partial charge in [0, 0.05) is 24.2 Å². The van der Waals surface area contributed by atoms with Crippen molar-refractivity contribution in [3.8, 4) is 0 Å². The van der Waals surface area contributed by atoms with Gasteiger partial charge in [-0.1, -0.05) is 28.9 Å². The zero-order valence-electron chi connectivity index (χ0n) is 12.7. The molecule has 1 aromatic carbocycles. The SMILES string of the molecule is Cc1ccn(CCNC(=O)[C@H]2CC(c3ccc(Cl)cc3)=NO2)n1. The number of aryl methyl sites for hydroxylation is 1. The van der Waals surface area contributed by atoms with Gasteiger partial charge in [0.1, 0.15) is 0 Å². The maximum absolute atomic E-state index is 12.1. The molecule has 0 bridgehead atoms. The fourth-order valence-electron chi connectivity index (χ4n) is 2.33. The smallest absolute Gasteiger partial charge is 0.264 e. The summed E-state index contributed by atoms with van der Waals surface area (Å²) in [5.41, 5.74) is 2.62. The number of carbonyl (C=O) groups excluding carboxylic acids is 1. The summed E-state index contributed by atoms with van der Waals surface area (Å²) in [6.07, 6.45) is 1.75. The molecule has 2 heterocycles. The second kappa shape index (κ2) is 6.83. The summed E-state index contributed by atoms with van der Waals surface area (Å²) in [5, 5.41) is 11.8. The quantitative estimate of drug-likeness (QED) is 0.912. The van der Waals surface area contributed by atoms with Gasteiger partial charge in [-0.25, -0.2) is 0 Å². The Morgan fingerprint density at radius 3 is 2.87 bits per heavy atom. The summed E-state index contributed by atoms with van der Waals surface area (Å²) in [4.78, 5) is 17.4. The lowest BCUT2D eigenvalue weighted by molar-refractivity contribution is -0.131. The number of rotatable bonds is 5. The van der Waals surface area contributed by atoms with E-state index in [1.807, 2.05) is 31.3 Å². The van der Waals surface area contributed by atoms with E-state index in [0.29, 0.717) is 24.5 Å². The zero-order valence-corrected chi connectivity index (χ0v) is 13.5. The number of amides is 1. The van der Waals surface area contributed by atoms with Gasteiger partial charge in [-0.05, 0) is 30.7 Å². The lowest BCUT2D eigenvalue weighted by atomic mass is 10.0. The lowest BCUT2D eigenvalue weighted by Crippen LogP contribution is -2.36. The first-order valence-electron chi connectivity index (χ1n) is 7.38. The number of nitrogens with one attached hydrogen (secondary N) is 1. The summed E-state index contributed by atoms with van der Waals surface area (Å²) in [6.45, 7) is 3.05. The summed E-state index contributed by atoms with van der Waals surface area (Å²) in [5.74, 6) is -0.165. The summed E-state index contributed by atoms with van der Waals surface area (Å²) in [7, 11) is 0. The largest absolute Gasteiger partial charge is 0.382 e. The molecule has 0 spiro atoms. The van der Waals surface area contributed by atoms with Crippen LogP contribution in [0.5, 0.6) is 0 Å². The average molecular weight is 333 g/mol. The number of benzene rings is 1. The molecule has 1 aromatic heterocycles. The van der Waals surface area contributed by atoms with E-state index in [1.165, 1.54) is 0 Å². The Labute approximate surface area is 139 Å². The van der Waals surface area contributed by atoms with Gasteiger partial charge >= 0.3 is 0 Å². The molecule has 1 amide bonds. The van der Waals surface area contributed by atoms with Crippen molar-refractivity contribution in [3.05, 3.63) is 52.8 Å². The van der Waals surface area contributed by atoms with Gasteiger partial charge in [0.05, 0.1) is 18.0 Å². The van der Waals surface area contributed by atoms with Crippen LogP contribution in [0.15, 0.2) is 41.7 Å². The second-order valence-electron chi connectivity index (χ2n) is 5.35. The lowest BCUT2D eigenvalue weighted by Gasteiger charge is -2.09. The maximum Gasteiger partial charge on any atom is 0.264 e.